The van der Waals surface area contributed by atoms with Crippen molar-refractivity contribution >= 4 is 29.9 Å². The lowest BCUT2D eigenvalue weighted by atomic mass is 9.96. The van der Waals surface area contributed by atoms with Gasteiger partial charge < -0.3 is 25.3 Å². The summed E-state index contributed by atoms with van der Waals surface area (Å²) in [7, 11) is 4.84. The molecular weight excluding hydrogens is 421 g/mol. The Morgan fingerprint density at radius 3 is 2.17 bits per heavy atom. The van der Waals surface area contributed by atoms with Gasteiger partial charge in [0.15, 0.2) is 5.96 Å². The SMILES string of the molecule is COc1cc(OC)c(CN=C(N)NC2CCCCC2)c(OC)c1.I. The van der Waals surface area contributed by atoms with Crippen molar-refractivity contribution in [2.75, 3.05) is 21.3 Å². The van der Waals surface area contributed by atoms with Crippen molar-refractivity contribution in [1.82, 2.24) is 5.32 Å². The second-order valence-corrected chi connectivity index (χ2v) is 5.69. The van der Waals surface area contributed by atoms with Gasteiger partial charge in [0.25, 0.3) is 0 Å². The average Bonchev–Trinajstić information content (AvgIpc) is 2.59. The molecule has 1 aliphatic rings. The number of guanidine groups is 1. The van der Waals surface area contributed by atoms with Crippen LogP contribution < -0.4 is 25.3 Å². The topological polar surface area (TPSA) is 78.1 Å². The molecule has 0 saturated heterocycles. The summed E-state index contributed by atoms with van der Waals surface area (Å²) in [6, 6.07) is 4.07. The Balaban J connectivity index is 0.00000288. The fourth-order valence-corrected chi connectivity index (χ4v) is 2.90. The standard InChI is InChI=1S/C17H27N3O3.HI/c1-21-13-9-15(22-2)14(16(10-13)23-3)11-19-17(18)20-12-7-5-4-6-8-12;/h9-10,12H,4-8,11H2,1-3H3,(H3,18,19,20);1H. The van der Waals surface area contributed by atoms with E-state index in [4.69, 9.17) is 19.9 Å². The summed E-state index contributed by atoms with van der Waals surface area (Å²) in [4.78, 5) is 4.44. The molecular formula is C17H28IN3O3. The smallest absolute Gasteiger partial charge is 0.189 e. The normalized spacial score (nSPS) is 15.4. The molecule has 0 heterocycles. The Morgan fingerprint density at radius 1 is 1.08 bits per heavy atom. The molecule has 0 bridgehead atoms. The molecule has 1 aromatic carbocycles. The van der Waals surface area contributed by atoms with Gasteiger partial charge in [0.05, 0.1) is 33.4 Å². The molecule has 0 amide bonds. The lowest BCUT2D eigenvalue weighted by Gasteiger charge is -2.23. The summed E-state index contributed by atoms with van der Waals surface area (Å²) in [5, 5.41) is 3.31. The first-order valence-electron chi connectivity index (χ1n) is 8.03. The summed E-state index contributed by atoms with van der Waals surface area (Å²) in [5.41, 5.74) is 6.88. The lowest BCUT2D eigenvalue weighted by molar-refractivity contribution is 0.369. The number of nitrogens with one attached hydrogen (secondary N) is 1. The molecule has 136 valence electrons. The quantitative estimate of drug-likeness (QED) is 0.397. The number of nitrogens with two attached hydrogens (primary N) is 1. The third-order valence-electron chi connectivity index (χ3n) is 4.18. The zero-order chi connectivity index (χ0) is 16.7. The number of aliphatic imine (C=N–C) groups is 1. The van der Waals surface area contributed by atoms with Crippen molar-refractivity contribution in [3.05, 3.63) is 17.7 Å². The number of halogens is 1. The third kappa shape index (κ3) is 5.61. The van der Waals surface area contributed by atoms with Gasteiger partial charge in [-0.2, -0.15) is 0 Å². The second kappa shape index (κ2) is 10.5. The number of benzene rings is 1. The molecule has 24 heavy (non-hydrogen) atoms. The highest BCUT2D eigenvalue weighted by Gasteiger charge is 2.15. The minimum atomic E-state index is 0. The average molecular weight is 449 g/mol. The predicted molar refractivity (Wildman–Crippen MR) is 107 cm³/mol. The molecule has 1 fully saturated rings. The summed E-state index contributed by atoms with van der Waals surface area (Å²) in [6.07, 6.45) is 6.14. The van der Waals surface area contributed by atoms with Crippen LogP contribution in [0.1, 0.15) is 37.7 Å². The van der Waals surface area contributed by atoms with Crippen LogP contribution in [-0.4, -0.2) is 33.3 Å². The van der Waals surface area contributed by atoms with Crippen LogP contribution in [0.5, 0.6) is 17.2 Å². The monoisotopic (exact) mass is 449 g/mol. The maximum absolute atomic E-state index is 6.02. The molecule has 1 aliphatic carbocycles. The minimum Gasteiger partial charge on any atom is -0.496 e. The van der Waals surface area contributed by atoms with Crippen LogP contribution in [0, 0.1) is 0 Å². The zero-order valence-corrected chi connectivity index (χ0v) is 17.0. The van der Waals surface area contributed by atoms with E-state index in [1.807, 2.05) is 12.1 Å². The second-order valence-electron chi connectivity index (χ2n) is 5.69. The number of rotatable bonds is 6. The Labute approximate surface area is 161 Å². The van der Waals surface area contributed by atoms with Crippen LogP contribution in [0.2, 0.25) is 0 Å². The Bertz CT molecular complexity index is 521. The first kappa shape index (κ1) is 20.7. The van der Waals surface area contributed by atoms with Crippen molar-refractivity contribution in [3.8, 4) is 17.2 Å². The third-order valence-corrected chi connectivity index (χ3v) is 4.18. The van der Waals surface area contributed by atoms with Crippen molar-refractivity contribution in [3.63, 3.8) is 0 Å². The summed E-state index contributed by atoms with van der Waals surface area (Å²) >= 11 is 0. The summed E-state index contributed by atoms with van der Waals surface area (Å²) < 4.78 is 16.1. The van der Waals surface area contributed by atoms with Gasteiger partial charge in [-0.3, -0.25) is 0 Å². The highest BCUT2D eigenvalue weighted by molar-refractivity contribution is 14.0. The maximum Gasteiger partial charge on any atom is 0.189 e. The molecule has 7 heteroatoms. The maximum atomic E-state index is 6.02. The van der Waals surface area contributed by atoms with E-state index in [0.29, 0.717) is 35.8 Å². The van der Waals surface area contributed by atoms with Gasteiger partial charge in [0.2, 0.25) is 0 Å². The van der Waals surface area contributed by atoms with E-state index in [-0.39, 0.29) is 24.0 Å². The molecule has 2 rings (SSSR count). The summed E-state index contributed by atoms with van der Waals surface area (Å²) in [6.45, 7) is 0.391. The number of nitrogens with zero attached hydrogens (tertiary/aromatic N) is 1. The molecule has 0 spiro atoms. The Hall–Kier alpha value is -1.38. The molecule has 0 aliphatic heterocycles. The highest BCUT2D eigenvalue weighted by atomic mass is 127. The highest BCUT2D eigenvalue weighted by Crippen LogP contribution is 2.34. The van der Waals surface area contributed by atoms with Crippen molar-refractivity contribution in [2.24, 2.45) is 10.7 Å². The van der Waals surface area contributed by atoms with Crippen LogP contribution in [0.25, 0.3) is 0 Å². The van der Waals surface area contributed by atoms with Gasteiger partial charge in [-0.25, -0.2) is 4.99 Å². The summed E-state index contributed by atoms with van der Waals surface area (Å²) in [5.74, 6) is 2.50. The van der Waals surface area contributed by atoms with Crippen LogP contribution in [0.4, 0.5) is 0 Å². The fraction of sp³-hybridized carbons (Fsp3) is 0.588. The number of hydrogen-bond acceptors (Lipinski definition) is 4. The lowest BCUT2D eigenvalue weighted by Crippen LogP contribution is -2.41. The molecule has 3 N–H and O–H groups in total. The van der Waals surface area contributed by atoms with Gasteiger partial charge in [-0.1, -0.05) is 19.3 Å². The van der Waals surface area contributed by atoms with Crippen LogP contribution >= 0.6 is 24.0 Å². The van der Waals surface area contributed by atoms with E-state index in [1.165, 1.54) is 19.3 Å². The molecule has 0 radical (unpaired) electrons. The number of hydrogen-bond donors (Lipinski definition) is 2. The molecule has 0 unspecified atom stereocenters. The zero-order valence-electron chi connectivity index (χ0n) is 14.6. The largest absolute Gasteiger partial charge is 0.496 e. The van der Waals surface area contributed by atoms with Gasteiger partial charge >= 0.3 is 0 Å². The molecule has 6 nitrogen and oxygen atoms in total. The van der Waals surface area contributed by atoms with E-state index in [0.717, 1.165) is 18.4 Å². The van der Waals surface area contributed by atoms with Gasteiger partial charge in [-0.15, -0.1) is 24.0 Å². The van der Waals surface area contributed by atoms with Crippen molar-refractivity contribution in [2.45, 2.75) is 44.7 Å². The van der Waals surface area contributed by atoms with Crippen molar-refractivity contribution < 1.29 is 14.2 Å². The van der Waals surface area contributed by atoms with E-state index in [2.05, 4.69) is 10.3 Å². The molecule has 1 saturated carbocycles. The molecule has 0 aromatic heterocycles. The number of methoxy groups -OCH3 is 3. The Kier molecular flexibility index (Phi) is 9.02. The van der Waals surface area contributed by atoms with Crippen molar-refractivity contribution in [1.29, 1.82) is 0 Å². The first-order chi connectivity index (χ1) is 11.2. The number of ether oxygens (including phenoxy) is 3. The molecule has 0 atom stereocenters. The fourth-order valence-electron chi connectivity index (χ4n) is 2.90. The molecule has 1 aromatic rings. The van der Waals surface area contributed by atoms with Gasteiger partial charge in [-0.05, 0) is 12.8 Å². The van der Waals surface area contributed by atoms with Crippen LogP contribution in [-0.2, 0) is 6.54 Å². The minimum absolute atomic E-state index is 0. The van der Waals surface area contributed by atoms with Crippen LogP contribution in [0.3, 0.4) is 0 Å². The van der Waals surface area contributed by atoms with E-state index in [9.17, 15) is 0 Å². The van der Waals surface area contributed by atoms with Gasteiger partial charge in [0.1, 0.15) is 17.2 Å². The van der Waals surface area contributed by atoms with Crippen LogP contribution in [0.15, 0.2) is 17.1 Å². The first-order valence-corrected chi connectivity index (χ1v) is 8.03. The Morgan fingerprint density at radius 2 is 1.67 bits per heavy atom. The van der Waals surface area contributed by atoms with E-state index < -0.39 is 0 Å². The predicted octanol–water partition coefficient (Wildman–Crippen LogP) is 3.07. The van der Waals surface area contributed by atoms with E-state index >= 15 is 0 Å². The van der Waals surface area contributed by atoms with Gasteiger partial charge in [0, 0.05) is 18.2 Å². The van der Waals surface area contributed by atoms with E-state index in [1.54, 1.807) is 21.3 Å².